The van der Waals surface area contributed by atoms with Gasteiger partial charge in [-0.3, -0.25) is 4.68 Å². The van der Waals surface area contributed by atoms with Gasteiger partial charge in [0.1, 0.15) is 5.82 Å². The molecule has 0 saturated carbocycles. The van der Waals surface area contributed by atoms with Gasteiger partial charge in [-0.2, -0.15) is 5.10 Å². The monoisotopic (exact) mass is 235 g/mol. The van der Waals surface area contributed by atoms with E-state index in [-0.39, 0.29) is 0 Å². The zero-order chi connectivity index (χ0) is 12.1. The van der Waals surface area contributed by atoms with Crippen LogP contribution < -0.4 is 5.32 Å². The van der Waals surface area contributed by atoms with Crippen molar-refractivity contribution in [3.05, 3.63) is 24.3 Å². The fraction of sp³-hybridized carbons (Fsp3) is 0.455. The smallest absolute Gasteiger partial charge is 0.140 e. The minimum atomic E-state index is 0.712. The van der Waals surface area contributed by atoms with Gasteiger partial charge in [0, 0.05) is 45.3 Å². The van der Waals surface area contributed by atoms with Crippen molar-refractivity contribution < 1.29 is 4.74 Å². The van der Waals surface area contributed by atoms with E-state index < -0.39 is 0 Å². The normalized spacial score (nSPS) is 10.9. The van der Waals surface area contributed by atoms with Crippen molar-refractivity contribution in [2.75, 3.05) is 20.3 Å². The summed E-state index contributed by atoms with van der Waals surface area (Å²) < 4.78 is 6.72. The molecule has 2 rings (SSSR count). The van der Waals surface area contributed by atoms with Crippen molar-refractivity contribution in [3.8, 4) is 11.4 Å². The number of methoxy groups -OCH3 is 1. The van der Waals surface area contributed by atoms with Crippen molar-refractivity contribution in [2.24, 2.45) is 7.05 Å². The van der Waals surface area contributed by atoms with Crippen molar-refractivity contribution >= 4 is 0 Å². The van der Waals surface area contributed by atoms with E-state index in [1.807, 2.05) is 19.4 Å². The third kappa shape index (κ3) is 3.15. The Hall–Kier alpha value is -1.66. The van der Waals surface area contributed by atoms with Crippen LogP contribution >= 0.6 is 0 Å². The molecular weight excluding hydrogens is 218 g/mol. The van der Waals surface area contributed by atoms with Crippen LogP contribution in [0.2, 0.25) is 0 Å². The highest BCUT2D eigenvalue weighted by molar-refractivity contribution is 5.52. The van der Waals surface area contributed by atoms with Gasteiger partial charge in [-0.05, 0) is 0 Å². The number of nitrogens with one attached hydrogen (secondary N) is 2. The second-order valence-corrected chi connectivity index (χ2v) is 3.83. The standard InChI is InChI=1S/C11H17N5O/c1-16-8-9(5-14-16)11-13-7-10(15-11)6-12-3-4-17-2/h5,7-8,12H,3-4,6H2,1-2H3,(H,13,15). The summed E-state index contributed by atoms with van der Waals surface area (Å²) in [4.78, 5) is 7.57. The molecule has 0 aliphatic heterocycles. The van der Waals surface area contributed by atoms with Gasteiger partial charge in [0.15, 0.2) is 0 Å². The van der Waals surface area contributed by atoms with Gasteiger partial charge in [-0.15, -0.1) is 0 Å². The lowest BCUT2D eigenvalue weighted by atomic mass is 10.3. The Labute approximate surface area is 100 Å². The molecule has 2 N–H and O–H groups in total. The molecule has 6 heteroatoms. The van der Waals surface area contributed by atoms with E-state index in [1.165, 1.54) is 0 Å². The first-order valence-corrected chi connectivity index (χ1v) is 5.52. The van der Waals surface area contributed by atoms with Crippen molar-refractivity contribution in [1.82, 2.24) is 25.1 Å². The fourth-order valence-electron chi connectivity index (χ4n) is 1.54. The van der Waals surface area contributed by atoms with Gasteiger partial charge in [0.25, 0.3) is 0 Å². The molecule has 0 bridgehead atoms. The predicted molar refractivity (Wildman–Crippen MR) is 64.4 cm³/mol. The second kappa shape index (κ2) is 5.60. The Morgan fingerprint density at radius 3 is 3.06 bits per heavy atom. The molecule has 2 aromatic rings. The zero-order valence-electron chi connectivity index (χ0n) is 10.1. The molecule has 0 saturated heterocycles. The number of aromatic amines is 1. The maximum absolute atomic E-state index is 4.96. The van der Waals surface area contributed by atoms with E-state index in [2.05, 4.69) is 20.4 Å². The number of aromatic nitrogens is 4. The summed E-state index contributed by atoms with van der Waals surface area (Å²) in [6, 6.07) is 0. The topological polar surface area (TPSA) is 67.8 Å². The Balaban J connectivity index is 1.92. The van der Waals surface area contributed by atoms with E-state index >= 15 is 0 Å². The number of aryl methyl sites for hydroxylation is 1. The minimum absolute atomic E-state index is 0.712. The maximum Gasteiger partial charge on any atom is 0.140 e. The van der Waals surface area contributed by atoms with Crippen molar-refractivity contribution in [1.29, 1.82) is 0 Å². The number of rotatable bonds is 6. The average molecular weight is 235 g/mol. The number of hydrogen-bond acceptors (Lipinski definition) is 4. The summed E-state index contributed by atoms with van der Waals surface area (Å²) in [5.74, 6) is 0.849. The van der Waals surface area contributed by atoms with Gasteiger partial charge in [0.05, 0.1) is 18.4 Å². The quantitative estimate of drug-likeness (QED) is 0.717. The van der Waals surface area contributed by atoms with Crippen molar-refractivity contribution in [3.63, 3.8) is 0 Å². The highest BCUT2D eigenvalue weighted by atomic mass is 16.5. The Morgan fingerprint density at radius 2 is 2.35 bits per heavy atom. The fourth-order valence-corrected chi connectivity index (χ4v) is 1.54. The summed E-state index contributed by atoms with van der Waals surface area (Å²) in [6.45, 7) is 2.30. The summed E-state index contributed by atoms with van der Waals surface area (Å²) in [5.41, 5.74) is 2.05. The van der Waals surface area contributed by atoms with Gasteiger partial charge >= 0.3 is 0 Å². The Morgan fingerprint density at radius 1 is 1.47 bits per heavy atom. The van der Waals surface area contributed by atoms with Crippen LogP contribution in [0.25, 0.3) is 11.4 Å². The molecule has 0 aromatic carbocycles. The lowest BCUT2D eigenvalue weighted by Gasteiger charge is -2.00. The second-order valence-electron chi connectivity index (χ2n) is 3.83. The maximum atomic E-state index is 4.96. The molecule has 6 nitrogen and oxygen atoms in total. The number of H-pyrrole nitrogens is 1. The van der Waals surface area contributed by atoms with Crippen LogP contribution in [0.15, 0.2) is 18.6 Å². The van der Waals surface area contributed by atoms with Gasteiger partial charge in [0.2, 0.25) is 0 Å². The minimum Gasteiger partial charge on any atom is -0.383 e. The largest absolute Gasteiger partial charge is 0.383 e. The van der Waals surface area contributed by atoms with Crippen LogP contribution in [0.4, 0.5) is 0 Å². The molecule has 2 aromatic heterocycles. The molecule has 0 aliphatic carbocycles. The molecule has 0 fully saturated rings. The molecule has 0 spiro atoms. The SMILES string of the molecule is COCCNCc1cnc(-c2cnn(C)c2)[nH]1. The van der Waals surface area contributed by atoms with E-state index in [0.717, 1.165) is 30.2 Å². The third-order valence-corrected chi connectivity index (χ3v) is 2.41. The van der Waals surface area contributed by atoms with E-state index in [1.54, 1.807) is 18.0 Å². The number of nitrogens with zero attached hydrogens (tertiary/aromatic N) is 3. The van der Waals surface area contributed by atoms with Gasteiger partial charge in [-0.1, -0.05) is 0 Å². The van der Waals surface area contributed by atoms with Crippen LogP contribution in [0.1, 0.15) is 5.69 Å². The molecular formula is C11H17N5O. The first kappa shape index (κ1) is 11.8. The van der Waals surface area contributed by atoms with E-state index in [4.69, 9.17) is 4.74 Å². The molecule has 0 radical (unpaired) electrons. The Bertz CT molecular complexity index is 462. The molecule has 0 amide bonds. The molecule has 2 heterocycles. The average Bonchev–Trinajstić information content (AvgIpc) is 2.93. The van der Waals surface area contributed by atoms with Crippen molar-refractivity contribution in [2.45, 2.75) is 6.54 Å². The summed E-state index contributed by atoms with van der Waals surface area (Å²) in [7, 11) is 3.58. The van der Waals surface area contributed by atoms with Gasteiger partial charge in [-0.25, -0.2) is 4.98 Å². The first-order valence-electron chi connectivity index (χ1n) is 5.52. The molecule has 0 unspecified atom stereocenters. The number of ether oxygens (including phenoxy) is 1. The molecule has 0 atom stereocenters. The number of imidazole rings is 1. The third-order valence-electron chi connectivity index (χ3n) is 2.41. The highest BCUT2D eigenvalue weighted by Crippen LogP contribution is 2.13. The van der Waals surface area contributed by atoms with Crippen LogP contribution in [0, 0.1) is 0 Å². The van der Waals surface area contributed by atoms with E-state index in [0.29, 0.717) is 6.61 Å². The summed E-state index contributed by atoms with van der Waals surface area (Å²) in [5, 5.41) is 7.37. The highest BCUT2D eigenvalue weighted by Gasteiger charge is 2.04. The summed E-state index contributed by atoms with van der Waals surface area (Å²) >= 11 is 0. The summed E-state index contributed by atoms with van der Waals surface area (Å²) in [6.07, 6.45) is 5.56. The first-order chi connectivity index (χ1) is 8.29. The van der Waals surface area contributed by atoms with Crippen LogP contribution in [-0.4, -0.2) is 40.0 Å². The van der Waals surface area contributed by atoms with Crippen LogP contribution in [0.5, 0.6) is 0 Å². The van der Waals surface area contributed by atoms with E-state index in [9.17, 15) is 0 Å². The van der Waals surface area contributed by atoms with Gasteiger partial charge < -0.3 is 15.0 Å². The molecule has 17 heavy (non-hydrogen) atoms. The molecule has 0 aliphatic rings. The lowest BCUT2D eigenvalue weighted by Crippen LogP contribution is -2.18. The predicted octanol–water partition coefficient (Wildman–Crippen LogP) is 0.546. The molecule has 92 valence electrons. The van der Waals surface area contributed by atoms with Crippen LogP contribution in [0.3, 0.4) is 0 Å². The lowest BCUT2D eigenvalue weighted by molar-refractivity contribution is 0.199. The van der Waals surface area contributed by atoms with Crippen LogP contribution in [-0.2, 0) is 18.3 Å². The number of hydrogen-bond donors (Lipinski definition) is 2. The Kier molecular flexibility index (Phi) is 3.89. The zero-order valence-corrected chi connectivity index (χ0v) is 10.1.